The molecule has 2 aromatic carbocycles. The molecule has 88 valence electrons. The summed E-state index contributed by atoms with van der Waals surface area (Å²) in [6.45, 7) is 2.84. The Morgan fingerprint density at radius 2 is 1.94 bits per heavy atom. The van der Waals surface area contributed by atoms with Crippen LogP contribution >= 0.6 is 34.2 Å². The van der Waals surface area contributed by atoms with Crippen molar-refractivity contribution in [3.8, 4) is 0 Å². The van der Waals surface area contributed by atoms with Gasteiger partial charge >= 0.3 is 0 Å². The van der Waals surface area contributed by atoms with E-state index in [1.165, 1.54) is 9.13 Å². The molecular formula is C14H13ClIN. The van der Waals surface area contributed by atoms with E-state index in [1.54, 1.807) is 0 Å². The molecule has 0 spiro atoms. The maximum absolute atomic E-state index is 6.08. The van der Waals surface area contributed by atoms with Gasteiger partial charge in [0.05, 0.1) is 0 Å². The molecule has 2 rings (SSSR count). The fraction of sp³-hybridized carbons (Fsp3) is 0.143. The molecule has 0 radical (unpaired) electrons. The van der Waals surface area contributed by atoms with Crippen LogP contribution in [0, 0.1) is 10.5 Å². The first-order valence-corrected chi connectivity index (χ1v) is 6.86. The molecule has 2 aromatic rings. The van der Waals surface area contributed by atoms with Gasteiger partial charge in [-0.1, -0.05) is 29.8 Å². The van der Waals surface area contributed by atoms with E-state index in [4.69, 9.17) is 11.6 Å². The SMILES string of the molecule is Cc1c(Cl)cccc1NCc1cccc(I)c1. The van der Waals surface area contributed by atoms with Crippen molar-refractivity contribution in [3.63, 3.8) is 0 Å². The summed E-state index contributed by atoms with van der Waals surface area (Å²) in [6, 6.07) is 14.4. The van der Waals surface area contributed by atoms with Crippen molar-refractivity contribution in [2.45, 2.75) is 13.5 Å². The number of benzene rings is 2. The van der Waals surface area contributed by atoms with Crippen molar-refractivity contribution in [2.24, 2.45) is 0 Å². The van der Waals surface area contributed by atoms with Gasteiger partial charge in [-0.15, -0.1) is 0 Å². The van der Waals surface area contributed by atoms with E-state index in [0.717, 1.165) is 22.8 Å². The van der Waals surface area contributed by atoms with Crippen LogP contribution in [-0.4, -0.2) is 0 Å². The van der Waals surface area contributed by atoms with Crippen LogP contribution in [-0.2, 0) is 6.54 Å². The summed E-state index contributed by atoms with van der Waals surface area (Å²) in [6.07, 6.45) is 0. The molecule has 0 fully saturated rings. The van der Waals surface area contributed by atoms with Gasteiger partial charge in [0, 0.05) is 20.8 Å². The molecule has 0 atom stereocenters. The first-order chi connectivity index (χ1) is 8.16. The first kappa shape index (κ1) is 12.7. The van der Waals surface area contributed by atoms with Gasteiger partial charge in [0.25, 0.3) is 0 Å². The Morgan fingerprint density at radius 1 is 1.18 bits per heavy atom. The number of halogens is 2. The molecule has 0 bridgehead atoms. The maximum atomic E-state index is 6.08. The van der Waals surface area contributed by atoms with Gasteiger partial charge in [0.15, 0.2) is 0 Å². The largest absolute Gasteiger partial charge is 0.381 e. The van der Waals surface area contributed by atoms with Crippen LogP contribution in [0.1, 0.15) is 11.1 Å². The molecule has 0 saturated heterocycles. The quantitative estimate of drug-likeness (QED) is 0.773. The topological polar surface area (TPSA) is 12.0 Å². The van der Waals surface area contributed by atoms with E-state index in [9.17, 15) is 0 Å². The van der Waals surface area contributed by atoms with Gasteiger partial charge in [-0.3, -0.25) is 0 Å². The first-order valence-electron chi connectivity index (χ1n) is 5.40. The second kappa shape index (κ2) is 5.74. The molecule has 0 saturated carbocycles. The lowest BCUT2D eigenvalue weighted by Gasteiger charge is -2.10. The Kier molecular flexibility index (Phi) is 4.29. The summed E-state index contributed by atoms with van der Waals surface area (Å²) in [4.78, 5) is 0. The van der Waals surface area contributed by atoms with Gasteiger partial charge in [0.2, 0.25) is 0 Å². The highest BCUT2D eigenvalue weighted by molar-refractivity contribution is 14.1. The highest BCUT2D eigenvalue weighted by Crippen LogP contribution is 2.23. The van der Waals surface area contributed by atoms with Gasteiger partial charge in [-0.25, -0.2) is 0 Å². The molecule has 1 nitrogen and oxygen atoms in total. The molecule has 0 aliphatic rings. The Labute approximate surface area is 120 Å². The lowest BCUT2D eigenvalue weighted by molar-refractivity contribution is 1.14. The summed E-state index contributed by atoms with van der Waals surface area (Å²) >= 11 is 8.40. The minimum Gasteiger partial charge on any atom is -0.381 e. The third kappa shape index (κ3) is 3.36. The lowest BCUT2D eigenvalue weighted by atomic mass is 10.2. The Hall–Kier alpha value is -0.740. The van der Waals surface area contributed by atoms with Crippen LogP contribution in [0.3, 0.4) is 0 Å². The summed E-state index contributed by atoms with van der Waals surface area (Å²) < 4.78 is 1.25. The Balaban J connectivity index is 2.10. The average molecular weight is 358 g/mol. The van der Waals surface area contributed by atoms with E-state index < -0.39 is 0 Å². The van der Waals surface area contributed by atoms with Crippen molar-refractivity contribution < 1.29 is 0 Å². The summed E-state index contributed by atoms with van der Waals surface area (Å²) in [7, 11) is 0. The van der Waals surface area contributed by atoms with Crippen molar-refractivity contribution >= 4 is 39.9 Å². The minimum absolute atomic E-state index is 0.803. The Morgan fingerprint density at radius 3 is 2.71 bits per heavy atom. The third-order valence-electron chi connectivity index (χ3n) is 2.64. The molecule has 17 heavy (non-hydrogen) atoms. The molecule has 0 aromatic heterocycles. The van der Waals surface area contributed by atoms with Crippen molar-refractivity contribution in [2.75, 3.05) is 5.32 Å². The number of hydrogen-bond donors (Lipinski definition) is 1. The van der Waals surface area contributed by atoms with Gasteiger partial charge in [-0.2, -0.15) is 0 Å². The highest BCUT2D eigenvalue weighted by Gasteiger charge is 2.01. The normalized spacial score (nSPS) is 10.3. The van der Waals surface area contributed by atoms with Crippen LogP contribution < -0.4 is 5.32 Å². The average Bonchev–Trinajstić information content (AvgIpc) is 2.31. The van der Waals surface area contributed by atoms with Gasteiger partial charge < -0.3 is 5.32 Å². The van der Waals surface area contributed by atoms with E-state index in [1.807, 2.05) is 19.1 Å². The molecule has 0 unspecified atom stereocenters. The fourth-order valence-electron chi connectivity index (χ4n) is 1.64. The van der Waals surface area contributed by atoms with Crippen LogP contribution in [0.5, 0.6) is 0 Å². The number of hydrogen-bond acceptors (Lipinski definition) is 1. The van der Waals surface area contributed by atoms with E-state index >= 15 is 0 Å². The molecule has 0 aliphatic carbocycles. The molecule has 1 N–H and O–H groups in total. The standard InChI is InChI=1S/C14H13ClIN/c1-10-13(15)6-3-7-14(10)17-9-11-4-2-5-12(16)8-11/h2-8,17H,9H2,1H3. The monoisotopic (exact) mass is 357 g/mol. The number of nitrogens with one attached hydrogen (secondary N) is 1. The van der Waals surface area contributed by atoms with Crippen molar-refractivity contribution in [3.05, 3.63) is 62.2 Å². The van der Waals surface area contributed by atoms with Crippen molar-refractivity contribution in [1.82, 2.24) is 0 Å². The highest BCUT2D eigenvalue weighted by atomic mass is 127. The van der Waals surface area contributed by atoms with E-state index in [-0.39, 0.29) is 0 Å². The predicted molar refractivity (Wildman–Crippen MR) is 82.7 cm³/mol. The Bertz CT molecular complexity index is 525. The number of rotatable bonds is 3. The maximum Gasteiger partial charge on any atom is 0.0455 e. The molecule has 0 heterocycles. The summed E-state index contributed by atoms with van der Waals surface area (Å²) in [5.41, 5.74) is 3.47. The van der Waals surface area contributed by atoms with Crippen LogP contribution in [0.15, 0.2) is 42.5 Å². The van der Waals surface area contributed by atoms with Gasteiger partial charge in [0.1, 0.15) is 0 Å². The lowest BCUT2D eigenvalue weighted by Crippen LogP contribution is -2.01. The number of anilines is 1. The smallest absolute Gasteiger partial charge is 0.0455 e. The van der Waals surface area contributed by atoms with Crippen LogP contribution in [0.25, 0.3) is 0 Å². The van der Waals surface area contributed by atoms with Crippen LogP contribution in [0.2, 0.25) is 5.02 Å². The predicted octanol–water partition coefficient (Wildman–Crippen LogP) is 4.87. The fourth-order valence-corrected chi connectivity index (χ4v) is 2.43. The summed E-state index contributed by atoms with van der Waals surface area (Å²) in [5.74, 6) is 0. The minimum atomic E-state index is 0.803. The van der Waals surface area contributed by atoms with Crippen molar-refractivity contribution in [1.29, 1.82) is 0 Å². The molecule has 3 heteroatoms. The van der Waals surface area contributed by atoms with Crippen LogP contribution in [0.4, 0.5) is 5.69 Å². The third-order valence-corrected chi connectivity index (χ3v) is 3.72. The van der Waals surface area contributed by atoms with E-state index in [0.29, 0.717) is 0 Å². The second-order valence-electron chi connectivity index (χ2n) is 3.90. The van der Waals surface area contributed by atoms with E-state index in [2.05, 4.69) is 58.2 Å². The zero-order valence-electron chi connectivity index (χ0n) is 9.50. The molecule has 0 aliphatic heterocycles. The zero-order chi connectivity index (χ0) is 12.3. The summed E-state index contributed by atoms with van der Waals surface area (Å²) in [5, 5.41) is 4.21. The zero-order valence-corrected chi connectivity index (χ0v) is 12.4. The molecule has 0 amide bonds. The molecular weight excluding hydrogens is 345 g/mol. The van der Waals surface area contributed by atoms with Gasteiger partial charge in [-0.05, 0) is 64.9 Å². The second-order valence-corrected chi connectivity index (χ2v) is 5.55.